The van der Waals surface area contributed by atoms with Crippen molar-refractivity contribution in [3.63, 3.8) is 0 Å². The lowest BCUT2D eigenvalue weighted by molar-refractivity contribution is -0.120. The molecule has 0 aliphatic heterocycles. The van der Waals surface area contributed by atoms with E-state index in [-0.39, 0.29) is 5.91 Å². The molecule has 0 unspecified atom stereocenters. The zero-order valence-electron chi connectivity index (χ0n) is 11.9. The van der Waals surface area contributed by atoms with Gasteiger partial charge in [0.05, 0.1) is 0 Å². The van der Waals surface area contributed by atoms with Crippen molar-refractivity contribution >= 4 is 27.3 Å². The predicted octanol–water partition coefficient (Wildman–Crippen LogP) is 3.92. The molecule has 1 aromatic carbocycles. The minimum absolute atomic E-state index is 0.138. The monoisotopic (exact) mass is 287 g/mol. The maximum absolute atomic E-state index is 11.3. The molecule has 3 rings (SSSR count). The molecule has 3 heteroatoms. The van der Waals surface area contributed by atoms with Crippen molar-refractivity contribution in [3.8, 4) is 0 Å². The summed E-state index contributed by atoms with van der Waals surface area (Å²) in [5.41, 5.74) is 2.84. The maximum Gasteiger partial charge on any atom is 0.219 e. The van der Waals surface area contributed by atoms with Crippen LogP contribution in [0.25, 0.3) is 10.1 Å². The van der Waals surface area contributed by atoms with E-state index in [1.54, 1.807) is 0 Å². The summed E-state index contributed by atoms with van der Waals surface area (Å²) in [5.74, 6) is 1.07. The van der Waals surface area contributed by atoms with Gasteiger partial charge in [0.1, 0.15) is 0 Å². The predicted molar refractivity (Wildman–Crippen MR) is 85.3 cm³/mol. The number of amides is 1. The fourth-order valence-electron chi connectivity index (χ4n) is 2.57. The topological polar surface area (TPSA) is 29.1 Å². The number of benzene rings is 1. The molecule has 0 atom stereocenters. The highest BCUT2D eigenvalue weighted by molar-refractivity contribution is 7.17. The van der Waals surface area contributed by atoms with Crippen molar-refractivity contribution in [1.29, 1.82) is 0 Å². The minimum Gasteiger partial charge on any atom is -0.356 e. The lowest BCUT2D eigenvalue weighted by Gasteiger charge is -2.04. The summed E-state index contributed by atoms with van der Waals surface area (Å²) in [6.45, 7) is 2.63. The molecule has 0 bridgehead atoms. The molecule has 1 heterocycles. The Morgan fingerprint density at radius 3 is 3.00 bits per heavy atom. The van der Waals surface area contributed by atoms with Gasteiger partial charge in [0.25, 0.3) is 0 Å². The van der Waals surface area contributed by atoms with Crippen LogP contribution in [0.1, 0.15) is 37.3 Å². The normalized spacial score (nSPS) is 14.7. The molecule has 2 nitrogen and oxygen atoms in total. The third-order valence-electron chi connectivity index (χ3n) is 3.98. The molecule has 1 aromatic heterocycles. The number of thiophene rings is 1. The van der Waals surface area contributed by atoms with Gasteiger partial charge in [-0.25, -0.2) is 0 Å². The van der Waals surface area contributed by atoms with Crippen LogP contribution in [0.15, 0.2) is 23.6 Å². The number of rotatable bonds is 6. The molecule has 0 radical (unpaired) electrons. The van der Waals surface area contributed by atoms with Crippen molar-refractivity contribution in [1.82, 2.24) is 5.32 Å². The molecule has 2 aromatic rings. The first kappa shape index (κ1) is 13.6. The third-order valence-corrected chi connectivity index (χ3v) is 4.99. The van der Waals surface area contributed by atoms with Crippen LogP contribution in [-0.4, -0.2) is 12.5 Å². The number of nitrogens with one attached hydrogen (secondary N) is 1. The Bertz CT molecular complexity index is 612. The summed E-state index contributed by atoms with van der Waals surface area (Å²) in [7, 11) is 0. The van der Waals surface area contributed by atoms with Crippen molar-refractivity contribution in [3.05, 3.63) is 34.7 Å². The van der Waals surface area contributed by atoms with Crippen LogP contribution in [-0.2, 0) is 17.6 Å². The highest BCUT2D eigenvalue weighted by Crippen LogP contribution is 2.34. The minimum atomic E-state index is 0.138. The summed E-state index contributed by atoms with van der Waals surface area (Å²) in [4.78, 5) is 11.3. The van der Waals surface area contributed by atoms with Crippen molar-refractivity contribution in [2.45, 2.75) is 39.0 Å². The van der Waals surface area contributed by atoms with Gasteiger partial charge in [0, 0.05) is 17.7 Å². The Kier molecular flexibility index (Phi) is 4.06. The van der Waals surface area contributed by atoms with Crippen molar-refractivity contribution < 1.29 is 4.79 Å². The first-order valence-corrected chi connectivity index (χ1v) is 8.40. The van der Waals surface area contributed by atoms with Gasteiger partial charge >= 0.3 is 0 Å². The van der Waals surface area contributed by atoms with Gasteiger partial charge in [0.2, 0.25) is 5.91 Å². The van der Waals surface area contributed by atoms with Crippen LogP contribution >= 0.6 is 11.3 Å². The summed E-state index contributed by atoms with van der Waals surface area (Å²) in [6.07, 6.45) is 5.53. The first-order chi connectivity index (χ1) is 9.76. The summed E-state index contributed by atoms with van der Waals surface area (Å²) in [6, 6.07) is 6.90. The third kappa shape index (κ3) is 3.21. The van der Waals surface area contributed by atoms with Gasteiger partial charge in [-0.15, -0.1) is 11.3 Å². The Morgan fingerprint density at radius 1 is 1.40 bits per heavy atom. The van der Waals surface area contributed by atoms with E-state index in [9.17, 15) is 4.79 Å². The number of hydrogen-bond donors (Lipinski definition) is 1. The molecule has 0 saturated heterocycles. The zero-order valence-corrected chi connectivity index (χ0v) is 12.8. The Balaban J connectivity index is 1.71. The molecule has 1 N–H and O–H groups in total. The van der Waals surface area contributed by atoms with E-state index in [0.717, 1.165) is 18.9 Å². The van der Waals surface area contributed by atoms with Crippen LogP contribution in [0.3, 0.4) is 0 Å². The maximum atomic E-state index is 11.3. The van der Waals surface area contributed by atoms with Crippen LogP contribution in [0, 0.1) is 5.92 Å². The van der Waals surface area contributed by atoms with Gasteiger partial charge in [0.15, 0.2) is 0 Å². The van der Waals surface area contributed by atoms with Crippen molar-refractivity contribution in [2.75, 3.05) is 6.54 Å². The smallest absolute Gasteiger partial charge is 0.219 e. The molecule has 1 aliphatic carbocycles. The van der Waals surface area contributed by atoms with Crippen LogP contribution in [0.4, 0.5) is 0 Å². The van der Waals surface area contributed by atoms with E-state index >= 15 is 0 Å². The second-order valence-corrected chi connectivity index (χ2v) is 6.60. The van der Waals surface area contributed by atoms with E-state index < -0.39 is 0 Å². The van der Waals surface area contributed by atoms with E-state index in [1.165, 1.54) is 40.5 Å². The fourth-order valence-corrected chi connectivity index (χ4v) is 3.54. The average Bonchev–Trinajstić information content (AvgIpc) is 3.18. The molecule has 20 heavy (non-hydrogen) atoms. The molecule has 1 amide bonds. The van der Waals surface area contributed by atoms with Crippen LogP contribution in [0.5, 0.6) is 0 Å². The molecule has 1 aliphatic rings. The van der Waals surface area contributed by atoms with E-state index in [4.69, 9.17) is 0 Å². The Labute approximate surface area is 124 Å². The summed E-state index contributed by atoms with van der Waals surface area (Å²) < 4.78 is 1.36. The molecule has 0 spiro atoms. The van der Waals surface area contributed by atoms with Gasteiger partial charge in [-0.3, -0.25) is 4.79 Å². The van der Waals surface area contributed by atoms with Gasteiger partial charge < -0.3 is 5.32 Å². The second kappa shape index (κ2) is 5.96. The zero-order chi connectivity index (χ0) is 13.9. The standard InChI is InChI=1S/C17H21NOS/c1-2-17(19)18-8-7-14-11-20-16-6-5-13(10-15(14)16)9-12-3-4-12/h5-6,10-12H,2-4,7-9H2,1H3,(H,18,19). The summed E-state index contributed by atoms with van der Waals surface area (Å²) >= 11 is 1.81. The Morgan fingerprint density at radius 2 is 2.25 bits per heavy atom. The number of fused-ring (bicyclic) bond motifs is 1. The highest BCUT2D eigenvalue weighted by Gasteiger charge is 2.21. The average molecular weight is 287 g/mol. The summed E-state index contributed by atoms with van der Waals surface area (Å²) in [5, 5.41) is 6.59. The van der Waals surface area contributed by atoms with E-state index in [2.05, 4.69) is 28.9 Å². The number of carbonyl (C=O) groups excluding carboxylic acids is 1. The van der Waals surface area contributed by atoms with Gasteiger partial charge in [-0.1, -0.05) is 19.1 Å². The van der Waals surface area contributed by atoms with Crippen LogP contribution < -0.4 is 5.32 Å². The van der Waals surface area contributed by atoms with Gasteiger partial charge in [-0.2, -0.15) is 0 Å². The largest absolute Gasteiger partial charge is 0.356 e. The molecule has 106 valence electrons. The molecule has 1 saturated carbocycles. The fraction of sp³-hybridized carbons (Fsp3) is 0.471. The number of carbonyl (C=O) groups is 1. The quantitative estimate of drug-likeness (QED) is 0.857. The Hall–Kier alpha value is -1.35. The number of hydrogen-bond acceptors (Lipinski definition) is 2. The van der Waals surface area contributed by atoms with Crippen LogP contribution in [0.2, 0.25) is 0 Å². The molecular weight excluding hydrogens is 266 g/mol. The molecule has 1 fully saturated rings. The lowest BCUT2D eigenvalue weighted by atomic mass is 10.0. The second-order valence-electron chi connectivity index (χ2n) is 5.69. The molecular formula is C17H21NOS. The lowest BCUT2D eigenvalue weighted by Crippen LogP contribution is -2.24. The SMILES string of the molecule is CCC(=O)NCCc1csc2ccc(CC3CC3)cc12. The van der Waals surface area contributed by atoms with E-state index in [0.29, 0.717) is 6.42 Å². The van der Waals surface area contributed by atoms with E-state index in [1.807, 2.05) is 18.3 Å². The first-order valence-electron chi connectivity index (χ1n) is 7.52. The van der Waals surface area contributed by atoms with Gasteiger partial charge in [-0.05, 0) is 59.6 Å². The highest BCUT2D eigenvalue weighted by atomic mass is 32.1. The van der Waals surface area contributed by atoms with Crippen molar-refractivity contribution in [2.24, 2.45) is 5.92 Å².